The molecule has 1 fully saturated rings. The molecule has 2 aromatic heterocycles. The molecule has 0 bridgehead atoms. The second-order valence-electron chi connectivity index (χ2n) is 6.63. The fourth-order valence-electron chi connectivity index (χ4n) is 3.11. The van der Waals surface area contributed by atoms with Gasteiger partial charge in [0.25, 0.3) is 0 Å². The molecule has 2 unspecified atom stereocenters. The Morgan fingerprint density at radius 3 is 2.50 bits per heavy atom. The molecule has 1 aromatic carbocycles. The smallest absolute Gasteiger partial charge is 0.344 e. The molecule has 0 aliphatic heterocycles. The predicted octanol–water partition coefficient (Wildman–Crippen LogP) is 4.37. The van der Waals surface area contributed by atoms with Crippen LogP contribution < -0.4 is 11.5 Å². The highest BCUT2D eigenvalue weighted by Crippen LogP contribution is 2.41. The Hall–Kier alpha value is -2.84. The van der Waals surface area contributed by atoms with E-state index < -0.39 is 11.7 Å². The van der Waals surface area contributed by atoms with Crippen molar-refractivity contribution < 1.29 is 13.2 Å². The molecular weight excluding hydrogens is 367 g/mol. The summed E-state index contributed by atoms with van der Waals surface area (Å²) in [5, 5.41) is 3.46. The maximum absolute atomic E-state index is 12.9. The third-order valence-electron chi connectivity index (χ3n) is 4.67. The fraction of sp³-hybridized carbons (Fsp3) is 0.250. The first-order valence-electron chi connectivity index (χ1n) is 8.61. The Morgan fingerprint density at radius 2 is 1.82 bits per heavy atom. The Labute approximate surface area is 160 Å². The van der Waals surface area contributed by atoms with Crippen LogP contribution in [0.3, 0.4) is 0 Å². The van der Waals surface area contributed by atoms with E-state index in [-0.39, 0.29) is 6.15 Å². The van der Waals surface area contributed by atoms with E-state index in [4.69, 9.17) is 0 Å². The summed E-state index contributed by atoms with van der Waals surface area (Å²) in [7, 11) is 0. The van der Waals surface area contributed by atoms with Gasteiger partial charge >= 0.3 is 6.18 Å². The summed E-state index contributed by atoms with van der Waals surface area (Å²) in [6.07, 6.45) is 3.48. The average molecular weight is 387 g/mol. The van der Waals surface area contributed by atoms with Crippen molar-refractivity contribution in [3.8, 4) is 11.3 Å². The third kappa shape index (κ3) is 4.52. The van der Waals surface area contributed by atoms with E-state index in [0.717, 1.165) is 29.7 Å². The number of rotatable bonds is 5. The van der Waals surface area contributed by atoms with Crippen LogP contribution in [0.15, 0.2) is 61.3 Å². The van der Waals surface area contributed by atoms with Crippen molar-refractivity contribution in [1.82, 2.24) is 26.4 Å². The third-order valence-corrected chi connectivity index (χ3v) is 4.67. The van der Waals surface area contributed by atoms with Crippen molar-refractivity contribution in [1.29, 1.82) is 0 Å². The Kier molecular flexibility index (Phi) is 5.71. The lowest BCUT2D eigenvalue weighted by atomic mass is 10.1. The lowest BCUT2D eigenvalue weighted by Crippen LogP contribution is -2.17. The molecule has 4 N–H and O–H groups in total. The van der Waals surface area contributed by atoms with Crippen molar-refractivity contribution in [3.05, 3.63) is 78.0 Å². The second-order valence-corrected chi connectivity index (χ2v) is 6.63. The molecule has 0 amide bonds. The summed E-state index contributed by atoms with van der Waals surface area (Å²) in [5.41, 5.74) is 2.46. The minimum absolute atomic E-state index is 0. The number of pyridine rings is 1. The van der Waals surface area contributed by atoms with Crippen LogP contribution in [0.1, 0.15) is 29.0 Å². The topological polar surface area (TPSA) is 85.7 Å². The summed E-state index contributed by atoms with van der Waals surface area (Å²) in [4.78, 5) is 12.3. The zero-order valence-corrected chi connectivity index (χ0v) is 15.0. The summed E-state index contributed by atoms with van der Waals surface area (Å²) in [6, 6.07) is 9.34. The molecule has 0 saturated heterocycles. The van der Waals surface area contributed by atoms with Crippen LogP contribution in [0.25, 0.3) is 11.3 Å². The zero-order chi connectivity index (χ0) is 18.9. The Bertz CT molecular complexity index is 913. The van der Waals surface area contributed by atoms with E-state index in [0.29, 0.717) is 29.8 Å². The largest absolute Gasteiger partial charge is 0.416 e. The molecule has 0 radical (unpaired) electrons. The van der Waals surface area contributed by atoms with Crippen LogP contribution in [-0.2, 0) is 12.7 Å². The van der Waals surface area contributed by atoms with E-state index in [2.05, 4.69) is 20.3 Å². The van der Waals surface area contributed by atoms with E-state index in [1.807, 2.05) is 6.07 Å². The maximum atomic E-state index is 12.9. The van der Waals surface area contributed by atoms with E-state index in [9.17, 15) is 13.2 Å². The van der Waals surface area contributed by atoms with Crippen LogP contribution in [0.5, 0.6) is 0 Å². The highest BCUT2D eigenvalue weighted by Gasteiger charge is 2.38. The van der Waals surface area contributed by atoms with Gasteiger partial charge in [-0.3, -0.25) is 4.98 Å². The molecule has 5 nitrogen and oxygen atoms in total. The van der Waals surface area contributed by atoms with Gasteiger partial charge in [-0.25, -0.2) is 9.97 Å². The van der Waals surface area contributed by atoms with Gasteiger partial charge < -0.3 is 11.5 Å². The Balaban J connectivity index is 0.00000225. The molecule has 2 heterocycles. The normalized spacial score (nSPS) is 18.4. The summed E-state index contributed by atoms with van der Waals surface area (Å²) in [6.45, 7) is 0.706. The minimum Gasteiger partial charge on any atom is -0.344 e. The lowest BCUT2D eigenvalue weighted by Gasteiger charge is -2.09. The van der Waals surface area contributed by atoms with Crippen LogP contribution in [-0.4, -0.2) is 21.0 Å². The number of benzene rings is 1. The first-order valence-corrected chi connectivity index (χ1v) is 8.61. The van der Waals surface area contributed by atoms with Gasteiger partial charge in [-0.05, 0) is 30.2 Å². The zero-order valence-electron chi connectivity index (χ0n) is 15.0. The standard InChI is InChI=1S/C20H17F3N4.H3N/c21-20(22,23)16-3-1-2-14(6-16)18-5-4-15(11-27-18)17-7-19(17)26-10-13-8-24-12-25-9-13;/h1-6,8-9,11-12,17,19,26H,7,10H2;1H3. The van der Waals surface area contributed by atoms with Crippen LogP contribution >= 0.6 is 0 Å². The highest BCUT2D eigenvalue weighted by atomic mass is 19.4. The minimum atomic E-state index is -4.35. The van der Waals surface area contributed by atoms with Crippen molar-refractivity contribution in [2.24, 2.45) is 0 Å². The number of halogens is 3. The van der Waals surface area contributed by atoms with Gasteiger partial charge in [-0.15, -0.1) is 0 Å². The molecule has 1 saturated carbocycles. The number of aromatic nitrogens is 3. The van der Waals surface area contributed by atoms with Gasteiger partial charge in [0.1, 0.15) is 6.33 Å². The van der Waals surface area contributed by atoms with Gasteiger partial charge in [0.15, 0.2) is 0 Å². The van der Waals surface area contributed by atoms with Crippen LogP contribution in [0.4, 0.5) is 13.2 Å². The average Bonchev–Trinajstić information content (AvgIpc) is 3.47. The van der Waals surface area contributed by atoms with Crippen molar-refractivity contribution in [2.75, 3.05) is 0 Å². The Morgan fingerprint density at radius 1 is 1.04 bits per heavy atom. The van der Waals surface area contributed by atoms with Crippen molar-refractivity contribution in [3.63, 3.8) is 0 Å². The van der Waals surface area contributed by atoms with Gasteiger partial charge in [0.05, 0.1) is 11.3 Å². The molecule has 3 aromatic rings. The molecule has 0 spiro atoms. The molecule has 2 atom stereocenters. The first-order chi connectivity index (χ1) is 13.0. The number of alkyl halides is 3. The van der Waals surface area contributed by atoms with Gasteiger partial charge in [0, 0.05) is 48.2 Å². The molecular formula is C20H20F3N5. The summed E-state index contributed by atoms with van der Waals surface area (Å²) < 4.78 is 38.6. The highest BCUT2D eigenvalue weighted by molar-refractivity contribution is 5.60. The summed E-state index contributed by atoms with van der Waals surface area (Å²) >= 11 is 0. The first kappa shape index (κ1) is 19.9. The molecule has 8 heteroatoms. The van der Waals surface area contributed by atoms with Crippen LogP contribution in [0.2, 0.25) is 0 Å². The number of nitrogens with zero attached hydrogens (tertiary/aromatic N) is 3. The van der Waals surface area contributed by atoms with Crippen molar-refractivity contribution in [2.45, 2.75) is 31.1 Å². The second kappa shape index (κ2) is 8.04. The fourth-order valence-corrected chi connectivity index (χ4v) is 3.11. The molecule has 1 aliphatic rings. The number of nitrogens with one attached hydrogen (secondary N) is 1. The van der Waals surface area contributed by atoms with Gasteiger partial charge in [-0.2, -0.15) is 13.2 Å². The molecule has 4 rings (SSSR count). The van der Waals surface area contributed by atoms with Crippen LogP contribution in [0, 0.1) is 0 Å². The summed E-state index contributed by atoms with van der Waals surface area (Å²) in [5.74, 6) is 0.373. The maximum Gasteiger partial charge on any atom is 0.416 e. The molecule has 28 heavy (non-hydrogen) atoms. The number of hydrogen-bond donors (Lipinski definition) is 2. The van der Waals surface area contributed by atoms with Gasteiger partial charge in [-0.1, -0.05) is 18.2 Å². The van der Waals surface area contributed by atoms with Crippen molar-refractivity contribution >= 4 is 0 Å². The lowest BCUT2D eigenvalue weighted by molar-refractivity contribution is -0.137. The SMILES string of the molecule is FC(F)(F)c1cccc(-c2ccc(C3CC3NCc3cncnc3)cn2)c1.N. The van der Waals surface area contributed by atoms with E-state index in [1.165, 1.54) is 12.4 Å². The molecule has 146 valence electrons. The monoisotopic (exact) mass is 387 g/mol. The van der Waals surface area contributed by atoms with Gasteiger partial charge in [0.2, 0.25) is 0 Å². The molecule has 1 aliphatic carbocycles. The van der Waals surface area contributed by atoms with E-state index in [1.54, 1.807) is 30.7 Å². The quantitative estimate of drug-likeness (QED) is 0.679. The number of hydrogen-bond acceptors (Lipinski definition) is 5. The van der Waals surface area contributed by atoms with E-state index >= 15 is 0 Å². The predicted molar refractivity (Wildman–Crippen MR) is 99.7 cm³/mol.